The Labute approximate surface area is 126 Å². The Kier molecular flexibility index (Phi) is 3.76. The number of hydrogen-bond acceptors (Lipinski definition) is 1. The quantitative estimate of drug-likeness (QED) is 0.736. The van der Waals surface area contributed by atoms with Gasteiger partial charge >= 0.3 is 0 Å². The summed E-state index contributed by atoms with van der Waals surface area (Å²) >= 11 is 0. The summed E-state index contributed by atoms with van der Waals surface area (Å²) < 4.78 is 0. The average molecular weight is 275 g/mol. The normalized spacial score (nSPS) is 12.5. The molecule has 0 amide bonds. The molecule has 1 unspecified atom stereocenters. The van der Waals surface area contributed by atoms with E-state index >= 15 is 0 Å². The highest BCUT2D eigenvalue weighted by atomic mass is 14.6. The van der Waals surface area contributed by atoms with Gasteiger partial charge in [-0.3, -0.25) is 0 Å². The smallest absolute Gasteiger partial charge is 0.0338 e. The summed E-state index contributed by atoms with van der Waals surface area (Å²) in [6, 6.07) is 21.5. The van der Waals surface area contributed by atoms with Gasteiger partial charge in [0.15, 0.2) is 0 Å². The largest absolute Gasteiger partial charge is 0.324 e. The highest BCUT2D eigenvalue weighted by Gasteiger charge is 2.11. The fourth-order valence-corrected chi connectivity index (χ4v) is 2.91. The third kappa shape index (κ3) is 2.84. The van der Waals surface area contributed by atoms with Crippen LogP contribution in [0.2, 0.25) is 0 Å². The Morgan fingerprint density at radius 2 is 1.62 bits per heavy atom. The molecule has 0 saturated carbocycles. The van der Waals surface area contributed by atoms with Crippen molar-refractivity contribution >= 4 is 10.8 Å². The molecule has 0 aliphatic carbocycles. The van der Waals surface area contributed by atoms with E-state index in [2.05, 4.69) is 74.5 Å². The van der Waals surface area contributed by atoms with Crippen LogP contribution in [0.4, 0.5) is 0 Å². The van der Waals surface area contributed by atoms with Crippen molar-refractivity contribution in [3.8, 4) is 0 Å². The molecule has 0 spiro atoms. The van der Waals surface area contributed by atoms with Crippen LogP contribution in [0.5, 0.6) is 0 Å². The molecule has 3 aromatic rings. The van der Waals surface area contributed by atoms with Gasteiger partial charge in [-0.25, -0.2) is 0 Å². The van der Waals surface area contributed by atoms with E-state index in [9.17, 15) is 0 Å². The van der Waals surface area contributed by atoms with E-state index < -0.39 is 0 Å². The van der Waals surface area contributed by atoms with Crippen molar-refractivity contribution in [2.24, 2.45) is 5.73 Å². The van der Waals surface area contributed by atoms with Crippen molar-refractivity contribution in [2.75, 3.05) is 0 Å². The Morgan fingerprint density at radius 3 is 2.43 bits per heavy atom. The van der Waals surface area contributed by atoms with Crippen LogP contribution in [-0.2, 0) is 6.42 Å². The van der Waals surface area contributed by atoms with E-state index in [1.807, 2.05) is 0 Å². The summed E-state index contributed by atoms with van der Waals surface area (Å²) in [4.78, 5) is 0. The van der Waals surface area contributed by atoms with Crippen LogP contribution in [0, 0.1) is 13.8 Å². The van der Waals surface area contributed by atoms with Gasteiger partial charge in [-0.15, -0.1) is 0 Å². The molecular weight excluding hydrogens is 254 g/mol. The van der Waals surface area contributed by atoms with E-state index in [0.29, 0.717) is 0 Å². The maximum Gasteiger partial charge on any atom is 0.0338 e. The van der Waals surface area contributed by atoms with Crippen LogP contribution in [-0.4, -0.2) is 0 Å². The minimum absolute atomic E-state index is 0.0473. The first-order chi connectivity index (χ1) is 10.1. The molecular formula is C20H21N. The molecule has 0 aliphatic heterocycles. The van der Waals surface area contributed by atoms with Crippen molar-refractivity contribution in [3.05, 3.63) is 82.9 Å². The molecule has 0 aromatic heterocycles. The van der Waals surface area contributed by atoms with Gasteiger partial charge in [-0.1, -0.05) is 60.7 Å². The zero-order chi connectivity index (χ0) is 14.8. The number of fused-ring (bicyclic) bond motifs is 1. The molecule has 0 bridgehead atoms. The molecule has 3 aromatic carbocycles. The molecule has 0 heterocycles. The van der Waals surface area contributed by atoms with Gasteiger partial charge in [-0.2, -0.15) is 0 Å². The number of benzene rings is 3. The summed E-state index contributed by atoms with van der Waals surface area (Å²) in [7, 11) is 0. The third-order valence-electron chi connectivity index (χ3n) is 4.32. The van der Waals surface area contributed by atoms with Gasteiger partial charge in [-0.05, 0) is 53.3 Å². The number of rotatable bonds is 3. The second kappa shape index (κ2) is 5.71. The standard InChI is InChI=1S/C20H21N/c1-14-6-5-9-19(15(14)2)20(21)13-16-10-11-17-7-3-4-8-18(17)12-16/h3-12,20H,13,21H2,1-2H3. The Hall–Kier alpha value is -2.12. The summed E-state index contributed by atoms with van der Waals surface area (Å²) in [6.45, 7) is 4.30. The second-order valence-electron chi connectivity index (χ2n) is 5.78. The summed E-state index contributed by atoms with van der Waals surface area (Å²) in [5.41, 5.74) is 11.6. The van der Waals surface area contributed by atoms with Gasteiger partial charge in [0.05, 0.1) is 0 Å². The highest BCUT2D eigenvalue weighted by Crippen LogP contribution is 2.23. The molecule has 0 fully saturated rings. The minimum Gasteiger partial charge on any atom is -0.324 e. The van der Waals surface area contributed by atoms with Crippen LogP contribution >= 0.6 is 0 Å². The molecule has 2 N–H and O–H groups in total. The molecule has 0 radical (unpaired) electrons. The summed E-state index contributed by atoms with van der Waals surface area (Å²) in [5, 5.41) is 2.56. The van der Waals surface area contributed by atoms with Crippen molar-refractivity contribution in [2.45, 2.75) is 26.3 Å². The van der Waals surface area contributed by atoms with Crippen molar-refractivity contribution in [1.29, 1.82) is 0 Å². The molecule has 1 nitrogen and oxygen atoms in total. The summed E-state index contributed by atoms with van der Waals surface area (Å²) in [6.07, 6.45) is 0.870. The fourth-order valence-electron chi connectivity index (χ4n) is 2.91. The van der Waals surface area contributed by atoms with Crippen molar-refractivity contribution in [3.63, 3.8) is 0 Å². The average Bonchev–Trinajstić information content (AvgIpc) is 2.50. The second-order valence-corrected chi connectivity index (χ2v) is 5.78. The zero-order valence-electron chi connectivity index (χ0n) is 12.6. The lowest BCUT2D eigenvalue weighted by Gasteiger charge is -2.16. The summed E-state index contributed by atoms with van der Waals surface area (Å²) in [5.74, 6) is 0. The Morgan fingerprint density at radius 1 is 0.857 bits per heavy atom. The molecule has 0 aliphatic rings. The maximum atomic E-state index is 6.44. The topological polar surface area (TPSA) is 26.0 Å². The molecule has 21 heavy (non-hydrogen) atoms. The van der Waals surface area contributed by atoms with Crippen molar-refractivity contribution in [1.82, 2.24) is 0 Å². The Balaban J connectivity index is 1.89. The predicted octanol–water partition coefficient (Wildman–Crippen LogP) is 4.70. The number of aryl methyl sites for hydroxylation is 1. The van der Waals surface area contributed by atoms with Crippen molar-refractivity contribution < 1.29 is 0 Å². The van der Waals surface area contributed by atoms with Gasteiger partial charge in [0.1, 0.15) is 0 Å². The Bertz CT molecular complexity index is 774. The molecule has 1 heteroatoms. The highest BCUT2D eigenvalue weighted by molar-refractivity contribution is 5.83. The van der Waals surface area contributed by atoms with Gasteiger partial charge in [0, 0.05) is 6.04 Å². The lowest BCUT2D eigenvalue weighted by atomic mass is 9.93. The first kappa shape index (κ1) is 13.8. The lowest BCUT2D eigenvalue weighted by Crippen LogP contribution is -2.15. The zero-order valence-corrected chi connectivity index (χ0v) is 12.6. The monoisotopic (exact) mass is 275 g/mol. The number of hydrogen-bond donors (Lipinski definition) is 1. The molecule has 0 saturated heterocycles. The van der Waals surface area contributed by atoms with Gasteiger partial charge in [0.25, 0.3) is 0 Å². The molecule has 3 rings (SSSR count). The minimum atomic E-state index is 0.0473. The SMILES string of the molecule is Cc1cccc(C(N)Cc2ccc3ccccc3c2)c1C. The van der Waals surface area contributed by atoms with E-state index in [-0.39, 0.29) is 6.04 Å². The fraction of sp³-hybridized carbons (Fsp3) is 0.200. The van der Waals surface area contributed by atoms with E-state index in [0.717, 1.165) is 6.42 Å². The van der Waals surface area contributed by atoms with E-state index in [4.69, 9.17) is 5.73 Å². The maximum absolute atomic E-state index is 6.44. The van der Waals surface area contributed by atoms with Gasteiger partial charge < -0.3 is 5.73 Å². The molecule has 106 valence electrons. The number of nitrogens with two attached hydrogens (primary N) is 1. The van der Waals surface area contributed by atoms with E-state index in [1.54, 1.807) is 0 Å². The molecule has 1 atom stereocenters. The lowest BCUT2D eigenvalue weighted by molar-refractivity contribution is 0.716. The van der Waals surface area contributed by atoms with E-state index in [1.165, 1.54) is 33.0 Å². The first-order valence-electron chi connectivity index (χ1n) is 7.44. The van der Waals surface area contributed by atoms with Crippen LogP contribution in [0.15, 0.2) is 60.7 Å². The van der Waals surface area contributed by atoms with Crippen LogP contribution in [0.1, 0.15) is 28.3 Å². The van der Waals surface area contributed by atoms with Gasteiger partial charge in [0.2, 0.25) is 0 Å². The van der Waals surface area contributed by atoms with Crippen LogP contribution < -0.4 is 5.73 Å². The van der Waals surface area contributed by atoms with Crippen LogP contribution in [0.25, 0.3) is 10.8 Å². The third-order valence-corrected chi connectivity index (χ3v) is 4.32. The van der Waals surface area contributed by atoms with Crippen LogP contribution in [0.3, 0.4) is 0 Å². The first-order valence-corrected chi connectivity index (χ1v) is 7.44. The predicted molar refractivity (Wildman–Crippen MR) is 90.5 cm³/mol.